The molecule has 3 N–H and O–H groups in total. The van der Waals surface area contributed by atoms with Crippen molar-refractivity contribution in [2.24, 2.45) is 0 Å². The number of halogens is 2. The maximum atomic E-state index is 11.9. The van der Waals surface area contributed by atoms with E-state index < -0.39 is 18.0 Å². The van der Waals surface area contributed by atoms with E-state index in [2.05, 4.69) is 10.6 Å². The number of rotatable bonds is 4. The number of carboxylic acid groups (broad SMARTS) is 1. The van der Waals surface area contributed by atoms with Crippen LogP contribution in [0.3, 0.4) is 0 Å². The molecule has 0 aliphatic heterocycles. The van der Waals surface area contributed by atoms with Crippen molar-refractivity contribution >= 4 is 63.2 Å². The van der Waals surface area contributed by atoms with Crippen molar-refractivity contribution < 1.29 is 14.7 Å². The highest BCUT2D eigenvalue weighted by Crippen LogP contribution is 2.23. The molecule has 1 heterocycles. The van der Waals surface area contributed by atoms with Gasteiger partial charge in [0.15, 0.2) is 6.04 Å². The Balaban J connectivity index is 2.08. The highest BCUT2D eigenvalue weighted by molar-refractivity contribution is 14.1. The lowest BCUT2D eigenvalue weighted by Crippen LogP contribution is -2.36. The number of aliphatic carboxylic acids is 1. The fraction of sp³-hybridized carbons (Fsp3) is 0.0769. The van der Waals surface area contributed by atoms with Crippen LogP contribution in [0.4, 0.5) is 10.5 Å². The molecule has 0 aliphatic rings. The normalized spacial score (nSPS) is 11.7. The number of carboxylic acids is 1. The predicted molar refractivity (Wildman–Crippen MR) is 91.0 cm³/mol. The van der Waals surface area contributed by atoms with E-state index in [0.29, 0.717) is 15.6 Å². The second-order valence-corrected chi connectivity index (χ2v) is 6.59. The van der Waals surface area contributed by atoms with E-state index in [1.165, 1.54) is 11.3 Å². The largest absolute Gasteiger partial charge is 0.479 e. The quantitative estimate of drug-likeness (QED) is 0.635. The van der Waals surface area contributed by atoms with Gasteiger partial charge in [0, 0.05) is 13.5 Å². The van der Waals surface area contributed by atoms with Crippen molar-refractivity contribution in [2.45, 2.75) is 6.04 Å². The van der Waals surface area contributed by atoms with E-state index in [0.717, 1.165) is 3.57 Å². The van der Waals surface area contributed by atoms with Gasteiger partial charge in [-0.3, -0.25) is 0 Å². The summed E-state index contributed by atoms with van der Waals surface area (Å²) < 4.78 is 0.762. The topological polar surface area (TPSA) is 78.4 Å². The van der Waals surface area contributed by atoms with Crippen LogP contribution in [-0.4, -0.2) is 17.1 Å². The number of carbonyl (C=O) groups excluding carboxylic acids is 1. The molecule has 1 aromatic carbocycles. The highest BCUT2D eigenvalue weighted by Gasteiger charge is 2.23. The van der Waals surface area contributed by atoms with Gasteiger partial charge in [0.25, 0.3) is 0 Å². The number of amides is 2. The molecule has 110 valence electrons. The van der Waals surface area contributed by atoms with Crippen LogP contribution in [0.2, 0.25) is 5.02 Å². The van der Waals surface area contributed by atoms with Gasteiger partial charge in [0.2, 0.25) is 0 Å². The second-order valence-electron chi connectivity index (χ2n) is 4.01. The van der Waals surface area contributed by atoms with Crippen LogP contribution in [0.25, 0.3) is 0 Å². The minimum Gasteiger partial charge on any atom is -0.479 e. The maximum absolute atomic E-state index is 11.9. The first-order valence-electron chi connectivity index (χ1n) is 5.76. The zero-order valence-corrected chi connectivity index (χ0v) is 14.2. The molecule has 2 rings (SSSR count). The van der Waals surface area contributed by atoms with Crippen molar-refractivity contribution in [3.8, 4) is 0 Å². The van der Waals surface area contributed by atoms with Gasteiger partial charge in [-0.05, 0) is 52.2 Å². The average Bonchev–Trinajstić information content (AvgIpc) is 2.92. The first-order chi connectivity index (χ1) is 9.97. The van der Waals surface area contributed by atoms with Crippen LogP contribution in [0.1, 0.15) is 10.9 Å². The van der Waals surface area contributed by atoms with Crippen molar-refractivity contribution in [1.29, 1.82) is 0 Å². The van der Waals surface area contributed by atoms with Crippen LogP contribution in [0.15, 0.2) is 35.7 Å². The Kier molecular flexibility index (Phi) is 5.43. The molecule has 0 bridgehead atoms. The number of hydrogen-bond acceptors (Lipinski definition) is 3. The van der Waals surface area contributed by atoms with E-state index in [1.54, 1.807) is 35.7 Å². The molecule has 0 fully saturated rings. The van der Waals surface area contributed by atoms with Crippen molar-refractivity contribution in [3.63, 3.8) is 0 Å². The van der Waals surface area contributed by atoms with Gasteiger partial charge in [-0.2, -0.15) is 0 Å². The molecule has 0 radical (unpaired) electrons. The highest BCUT2D eigenvalue weighted by atomic mass is 127. The Labute approximate surface area is 143 Å². The first kappa shape index (κ1) is 16.1. The first-order valence-corrected chi connectivity index (χ1v) is 8.10. The van der Waals surface area contributed by atoms with Gasteiger partial charge in [-0.1, -0.05) is 17.7 Å². The van der Waals surface area contributed by atoms with Gasteiger partial charge < -0.3 is 15.7 Å². The van der Waals surface area contributed by atoms with Crippen LogP contribution in [0, 0.1) is 3.57 Å². The standard InChI is InChI=1S/C13H10ClIN2O3S/c14-7-3-4-9(8(15)6-7)16-13(20)17-11(12(18)19)10-2-1-5-21-10/h1-6,11H,(H,18,19)(H2,16,17,20). The third kappa shape index (κ3) is 4.32. The van der Waals surface area contributed by atoms with Crippen molar-refractivity contribution in [2.75, 3.05) is 5.32 Å². The number of carbonyl (C=O) groups is 2. The molecule has 2 aromatic rings. The summed E-state index contributed by atoms with van der Waals surface area (Å²) in [6.45, 7) is 0. The fourth-order valence-electron chi connectivity index (χ4n) is 1.59. The Morgan fingerprint density at radius 3 is 2.67 bits per heavy atom. The van der Waals surface area contributed by atoms with E-state index in [4.69, 9.17) is 11.6 Å². The molecule has 5 nitrogen and oxygen atoms in total. The maximum Gasteiger partial charge on any atom is 0.331 e. The number of thiophene rings is 1. The fourth-order valence-corrected chi connectivity index (χ4v) is 3.36. The van der Waals surface area contributed by atoms with Crippen LogP contribution in [0.5, 0.6) is 0 Å². The SMILES string of the molecule is O=C(Nc1ccc(Cl)cc1I)NC(C(=O)O)c1cccs1. The van der Waals surface area contributed by atoms with Gasteiger partial charge in [0.1, 0.15) is 0 Å². The molecule has 0 aliphatic carbocycles. The molecule has 1 atom stereocenters. The third-order valence-corrected chi connectivity index (χ3v) is 4.59. The number of urea groups is 1. The molecule has 1 unspecified atom stereocenters. The van der Waals surface area contributed by atoms with Crippen LogP contribution in [-0.2, 0) is 4.79 Å². The van der Waals surface area contributed by atoms with E-state index in [9.17, 15) is 14.7 Å². The van der Waals surface area contributed by atoms with E-state index in [-0.39, 0.29) is 0 Å². The van der Waals surface area contributed by atoms with E-state index >= 15 is 0 Å². The van der Waals surface area contributed by atoms with Gasteiger partial charge in [0.05, 0.1) is 5.69 Å². The van der Waals surface area contributed by atoms with Gasteiger partial charge in [-0.15, -0.1) is 11.3 Å². The molecule has 21 heavy (non-hydrogen) atoms. The summed E-state index contributed by atoms with van der Waals surface area (Å²) >= 11 is 9.14. The smallest absolute Gasteiger partial charge is 0.331 e. The summed E-state index contributed by atoms with van der Waals surface area (Å²) in [5, 5.41) is 16.6. The molecule has 8 heteroatoms. The van der Waals surface area contributed by atoms with Crippen molar-refractivity contribution in [3.05, 3.63) is 49.2 Å². The molecule has 1 aromatic heterocycles. The monoisotopic (exact) mass is 436 g/mol. The number of hydrogen-bond donors (Lipinski definition) is 3. The lowest BCUT2D eigenvalue weighted by atomic mass is 10.2. The Hall–Kier alpha value is -1.32. The molecular weight excluding hydrogens is 427 g/mol. The Morgan fingerprint density at radius 1 is 1.33 bits per heavy atom. The molecule has 2 amide bonds. The zero-order valence-electron chi connectivity index (χ0n) is 10.5. The summed E-state index contributed by atoms with van der Waals surface area (Å²) in [7, 11) is 0. The van der Waals surface area contributed by atoms with Crippen molar-refractivity contribution in [1.82, 2.24) is 5.32 Å². The summed E-state index contributed by atoms with van der Waals surface area (Å²) in [6, 6.07) is 6.74. The number of benzene rings is 1. The Morgan fingerprint density at radius 2 is 2.10 bits per heavy atom. The number of anilines is 1. The lowest BCUT2D eigenvalue weighted by molar-refractivity contribution is -0.139. The predicted octanol–water partition coefficient (Wildman–Crippen LogP) is 3.95. The van der Waals surface area contributed by atoms with Gasteiger partial charge in [-0.25, -0.2) is 9.59 Å². The minimum absolute atomic E-state index is 0.559. The second kappa shape index (κ2) is 7.10. The molecule has 0 saturated carbocycles. The minimum atomic E-state index is -1.11. The molecule has 0 spiro atoms. The summed E-state index contributed by atoms with van der Waals surface area (Å²) in [6.07, 6.45) is 0. The van der Waals surface area contributed by atoms with E-state index in [1.807, 2.05) is 22.6 Å². The van der Waals surface area contributed by atoms with Gasteiger partial charge >= 0.3 is 12.0 Å². The zero-order chi connectivity index (χ0) is 15.4. The lowest BCUT2D eigenvalue weighted by Gasteiger charge is -2.14. The summed E-state index contributed by atoms with van der Waals surface area (Å²) in [5.41, 5.74) is 0.563. The molecular formula is C13H10ClIN2O3S. The third-order valence-electron chi connectivity index (χ3n) is 2.53. The van der Waals surface area contributed by atoms with Crippen LogP contribution < -0.4 is 10.6 Å². The summed E-state index contributed by atoms with van der Waals surface area (Å²) in [4.78, 5) is 23.7. The summed E-state index contributed by atoms with van der Waals surface area (Å²) in [5.74, 6) is -1.11. The van der Waals surface area contributed by atoms with Crippen LogP contribution >= 0.6 is 45.5 Å². The number of nitrogens with one attached hydrogen (secondary N) is 2. The Bertz CT molecular complexity index is 663. The molecule has 0 saturated heterocycles. The average molecular weight is 437 g/mol.